The summed E-state index contributed by atoms with van der Waals surface area (Å²) in [6.07, 6.45) is -1.41. The lowest BCUT2D eigenvalue weighted by Gasteiger charge is -2.19. The summed E-state index contributed by atoms with van der Waals surface area (Å²) in [5.74, 6) is -0.184. The standard InChI is InChI=1S/C12H16N2O6S/c1-6-8(11(17)9(16)5-21-7(2)15)4-13-12(20-3)10(6)14(18)19/h4,9,11,16-17H,5H2,1-3H3. The molecule has 1 aromatic rings. The maximum absolute atomic E-state index is 11.1. The summed E-state index contributed by atoms with van der Waals surface area (Å²) in [7, 11) is 1.25. The van der Waals surface area contributed by atoms with Crippen LogP contribution >= 0.6 is 11.8 Å². The van der Waals surface area contributed by atoms with E-state index >= 15 is 0 Å². The minimum absolute atomic E-state index is 0.0181. The lowest BCUT2D eigenvalue weighted by Crippen LogP contribution is -2.22. The van der Waals surface area contributed by atoms with Crippen molar-refractivity contribution in [3.63, 3.8) is 0 Å². The van der Waals surface area contributed by atoms with E-state index in [0.29, 0.717) is 0 Å². The lowest BCUT2D eigenvalue weighted by molar-refractivity contribution is -0.386. The van der Waals surface area contributed by atoms with Crippen molar-refractivity contribution in [2.45, 2.75) is 26.1 Å². The highest BCUT2D eigenvalue weighted by atomic mass is 32.2. The molecule has 0 bridgehead atoms. The molecule has 2 atom stereocenters. The Balaban J connectivity index is 3.10. The van der Waals surface area contributed by atoms with Crippen molar-refractivity contribution < 1.29 is 24.7 Å². The molecule has 21 heavy (non-hydrogen) atoms. The number of ether oxygens (including phenoxy) is 1. The fraction of sp³-hybridized carbons (Fsp3) is 0.500. The number of carbonyl (C=O) groups is 1. The van der Waals surface area contributed by atoms with Crippen LogP contribution in [0.5, 0.6) is 5.88 Å². The van der Waals surface area contributed by atoms with Gasteiger partial charge in [0, 0.05) is 30.0 Å². The van der Waals surface area contributed by atoms with Crippen LogP contribution in [0.3, 0.4) is 0 Å². The number of methoxy groups -OCH3 is 1. The van der Waals surface area contributed by atoms with Gasteiger partial charge >= 0.3 is 5.69 Å². The fourth-order valence-corrected chi connectivity index (χ4v) is 2.33. The number of nitrogens with zero attached hydrogens (tertiary/aromatic N) is 2. The van der Waals surface area contributed by atoms with Gasteiger partial charge in [0.1, 0.15) is 6.10 Å². The van der Waals surface area contributed by atoms with Crippen LogP contribution in [0, 0.1) is 17.0 Å². The van der Waals surface area contributed by atoms with Gasteiger partial charge in [-0.3, -0.25) is 14.9 Å². The summed E-state index contributed by atoms with van der Waals surface area (Å²) in [6, 6.07) is 0. The van der Waals surface area contributed by atoms with Gasteiger partial charge in [-0.25, -0.2) is 4.98 Å². The molecule has 0 spiro atoms. The molecule has 1 rings (SSSR count). The summed E-state index contributed by atoms with van der Waals surface area (Å²) < 4.78 is 4.82. The van der Waals surface area contributed by atoms with Gasteiger partial charge in [0.25, 0.3) is 5.88 Å². The zero-order valence-corrected chi connectivity index (χ0v) is 12.6. The van der Waals surface area contributed by atoms with Crippen LogP contribution in [0.2, 0.25) is 0 Å². The Morgan fingerprint density at radius 1 is 1.57 bits per heavy atom. The predicted molar refractivity (Wildman–Crippen MR) is 76.3 cm³/mol. The maximum Gasteiger partial charge on any atom is 0.334 e. The summed E-state index contributed by atoms with van der Waals surface area (Å²) in [6.45, 7) is 2.78. The Morgan fingerprint density at radius 2 is 2.19 bits per heavy atom. The third-order valence-corrected chi connectivity index (χ3v) is 3.74. The largest absolute Gasteiger partial charge is 0.476 e. The van der Waals surface area contributed by atoms with E-state index in [-0.39, 0.29) is 33.6 Å². The Labute approximate surface area is 125 Å². The first-order valence-corrected chi connectivity index (χ1v) is 6.95. The summed E-state index contributed by atoms with van der Waals surface area (Å²) in [5, 5.41) is 30.8. The van der Waals surface area contributed by atoms with Crippen LogP contribution in [-0.4, -0.2) is 44.2 Å². The fourth-order valence-electron chi connectivity index (χ4n) is 1.75. The smallest absolute Gasteiger partial charge is 0.334 e. The zero-order chi connectivity index (χ0) is 16.2. The number of carbonyl (C=O) groups excluding carboxylic acids is 1. The first-order chi connectivity index (χ1) is 9.79. The SMILES string of the molecule is COc1ncc(C(O)C(O)CSC(C)=O)c(C)c1[N+](=O)[O-]. The third kappa shape index (κ3) is 4.13. The van der Waals surface area contributed by atoms with Gasteiger partial charge < -0.3 is 14.9 Å². The second-order valence-electron chi connectivity index (χ2n) is 4.27. The predicted octanol–water partition coefficient (Wildman–Crippen LogP) is 0.981. The van der Waals surface area contributed by atoms with E-state index in [1.54, 1.807) is 0 Å². The van der Waals surface area contributed by atoms with Crippen LogP contribution in [0.15, 0.2) is 6.20 Å². The van der Waals surface area contributed by atoms with Gasteiger partial charge in [-0.15, -0.1) is 0 Å². The molecule has 2 unspecified atom stereocenters. The molecule has 1 aromatic heterocycles. The lowest BCUT2D eigenvalue weighted by atomic mass is 10.0. The number of rotatable bonds is 6. The third-order valence-electron chi connectivity index (χ3n) is 2.83. The molecule has 0 aliphatic rings. The number of hydrogen-bond acceptors (Lipinski definition) is 8. The monoisotopic (exact) mass is 316 g/mol. The summed E-state index contributed by atoms with van der Waals surface area (Å²) >= 11 is 0.859. The molecule has 0 saturated carbocycles. The first-order valence-electron chi connectivity index (χ1n) is 5.97. The molecule has 0 aromatic carbocycles. The highest BCUT2D eigenvalue weighted by Crippen LogP contribution is 2.34. The number of thioether (sulfide) groups is 1. The molecule has 9 heteroatoms. The molecule has 116 valence electrons. The van der Waals surface area contributed by atoms with E-state index in [1.807, 2.05) is 0 Å². The highest BCUT2D eigenvalue weighted by molar-refractivity contribution is 8.13. The van der Waals surface area contributed by atoms with Crippen molar-refractivity contribution in [2.24, 2.45) is 0 Å². The van der Waals surface area contributed by atoms with Gasteiger partial charge in [0.05, 0.1) is 18.1 Å². The zero-order valence-electron chi connectivity index (χ0n) is 11.8. The molecular formula is C12H16N2O6S. The number of aromatic nitrogens is 1. The summed E-state index contributed by atoms with van der Waals surface area (Å²) in [5.41, 5.74) is -0.0779. The van der Waals surface area contributed by atoms with Crippen LogP contribution in [0.25, 0.3) is 0 Å². The Morgan fingerprint density at radius 3 is 2.67 bits per heavy atom. The van der Waals surface area contributed by atoms with Crippen molar-refractivity contribution in [2.75, 3.05) is 12.9 Å². The molecule has 0 aliphatic carbocycles. The second kappa shape index (κ2) is 7.34. The minimum atomic E-state index is -1.38. The summed E-state index contributed by atoms with van der Waals surface area (Å²) in [4.78, 5) is 25.0. The van der Waals surface area contributed by atoms with Crippen molar-refractivity contribution in [1.29, 1.82) is 0 Å². The van der Waals surface area contributed by atoms with Crippen molar-refractivity contribution in [3.05, 3.63) is 27.4 Å². The molecule has 8 nitrogen and oxygen atoms in total. The molecule has 0 saturated heterocycles. The topological polar surface area (TPSA) is 123 Å². The molecule has 0 aliphatic heterocycles. The van der Waals surface area contributed by atoms with Gasteiger partial charge in [-0.1, -0.05) is 11.8 Å². The van der Waals surface area contributed by atoms with Gasteiger partial charge in [0.2, 0.25) is 0 Å². The maximum atomic E-state index is 11.1. The Bertz CT molecular complexity index is 551. The average Bonchev–Trinajstić information content (AvgIpc) is 2.42. The molecule has 0 radical (unpaired) electrons. The Kier molecular flexibility index (Phi) is 6.06. The van der Waals surface area contributed by atoms with E-state index < -0.39 is 17.1 Å². The van der Waals surface area contributed by atoms with Crippen molar-refractivity contribution >= 4 is 22.6 Å². The van der Waals surface area contributed by atoms with E-state index in [9.17, 15) is 25.1 Å². The number of aliphatic hydroxyl groups excluding tert-OH is 2. The van der Waals surface area contributed by atoms with E-state index in [4.69, 9.17) is 4.74 Å². The van der Waals surface area contributed by atoms with Gasteiger partial charge in [0.15, 0.2) is 5.12 Å². The second-order valence-corrected chi connectivity index (χ2v) is 5.47. The number of aliphatic hydroxyl groups is 2. The molecule has 2 N–H and O–H groups in total. The highest BCUT2D eigenvalue weighted by Gasteiger charge is 2.28. The van der Waals surface area contributed by atoms with E-state index in [0.717, 1.165) is 11.8 Å². The number of pyridine rings is 1. The molecule has 0 fully saturated rings. The van der Waals surface area contributed by atoms with Gasteiger partial charge in [-0.05, 0) is 6.92 Å². The van der Waals surface area contributed by atoms with Crippen LogP contribution in [0.1, 0.15) is 24.2 Å². The van der Waals surface area contributed by atoms with E-state index in [2.05, 4.69) is 4.98 Å². The quantitative estimate of drug-likeness (QED) is 0.588. The van der Waals surface area contributed by atoms with Crippen LogP contribution in [0.4, 0.5) is 5.69 Å². The van der Waals surface area contributed by atoms with E-state index in [1.165, 1.54) is 27.2 Å². The normalized spacial score (nSPS) is 13.6. The van der Waals surface area contributed by atoms with Crippen molar-refractivity contribution in [1.82, 2.24) is 4.98 Å². The molecule has 0 amide bonds. The first kappa shape index (κ1) is 17.3. The van der Waals surface area contributed by atoms with Gasteiger partial charge in [-0.2, -0.15) is 0 Å². The van der Waals surface area contributed by atoms with Crippen LogP contribution in [-0.2, 0) is 4.79 Å². The van der Waals surface area contributed by atoms with Crippen LogP contribution < -0.4 is 4.74 Å². The molecular weight excluding hydrogens is 300 g/mol. The average molecular weight is 316 g/mol. The number of nitro groups is 1. The Hall–Kier alpha value is -1.71. The minimum Gasteiger partial charge on any atom is -0.476 e. The molecule has 1 heterocycles. The van der Waals surface area contributed by atoms with Crippen molar-refractivity contribution in [3.8, 4) is 5.88 Å². The number of hydrogen-bond donors (Lipinski definition) is 2.